The molecule has 1 aliphatic carbocycles. The van der Waals surface area contributed by atoms with Gasteiger partial charge in [0.05, 0.1) is 12.5 Å². The summed E-state index contributed by atoms with van der Waals surface area (Å²) in [4.78, 5) is 26.4. The van der Waals surface area contributed by atoms with Gasteiger partial charge in [0, 0.05) is 18.5 Å². The van der Waals surface area contributed by atoms with E-state index in [4.69, 9.17) is 18.9 Å². The number of ether oxygens (including phenoxy) is 4. The molecule has 1 N–H and O–H groups in total. The van der Waals surface area contributed by atoms with Gasteiger partial charge in [-0.1, -0.05) is 12.1 Å². The van der Waals surface area contributed by atoms with Crippen molar-refractivity contribution >= 4 is 12.1 Å². The maximum absolute atomic E-state index is 12.3. The zero-order valence-corrected chi connectivity index (χ0v) is 19.4. The Hall–Kier alpha value is -2.74. The predicted octanol–water partition coefficient (Wildman–Crippen LogP) is 2.93. The summed E-state index contributed by atoms with van der Waals surface area (Å²) < 4.78 is 22.8. The van der Waals surface area contributed by atoms with Gasteiger partial charge in [-0.2, -0.15) is 0 Å². The van der Waals surface area contributed by atoms with Crippen LogP contribution in [0.5, 0.6) is 11.5 Å². The van der Waals surface area contributed by atoms with Gasteiger partial charge < -0.3 is 29.2 Å². The van der Waals surface area contributed by atoms with Crippen molar-refractivity contribution in [1.29, 1.82) is 0 Å². The van der Waals surface area contributed by atoms with Crippen LogP contribution in [0.1, 0.15) is 44.7 Å². The number of esters is 1. The highest BCUT2D eigenvalue weighted by atomic mass is 16.6. The quantitative estimate of drug-likeness (QED) is 0.564. The third-order valence-corrected chi connectivity index (χ3v) is 6.19. The molecule has 1 aromatic rings. The van der Waals surface area contributed by atoms with Crippen molar-refractivity contribution in [1.82, 2.24) is 10.2 Å². The fourth-order valence-electron chi connectivity index (χ4n) is 4.82. The molecule has 1 spiro atoms. The van der Waals surface area contributed by atoms with Crippen molar-refractivity contribution in [2.24, 2.45) is 0 Å². The lowest BCUT2D eigenvalue weighted by Gasteiger charge is -2.36. The minimum absolute atomic E-state index is 0.152. The summed E-state index contributed by atoms with van der Waals surface area (Å²) in [5, 5.41) is 2.44. The number of rotatable bonds is 4. The van der Waals surface area contributed by atoms with Gasteiger partial charge in [0.1, 0.15) is 24.4 Å². The van der Waals surface area contributed by atoms with E-state index < -0.39 is 23.8 Å². The molecule has 8 heteroatoms. The second kappa shape index (κ2) is 8.31. The maximum atomic E-state index is 12.3. The van der Waals surface area contributed by atoms with Gasteiger partial charge in [0.15, 0.2) is 11.5 Å². The summed E-state index contributed by atoms with van der Waals surface area (Å²) in [5.74, 6) is 1.01. The zero-order chi connectivity index (χ0) is 23.1. The van der Waals surface area contributed by atoms with Crippen molar-refractivity contribution in [3.8, 4) is 11.5 Å². The van der Waals surface area contributed by atoms with Gasteiger partial charge in [-0.25, -0.2) is 4.79 Å². The largest absolute Gasteiger partial charge is 0.493 e. The number of methoxy groups -OCH3 is 1. The summed E-state index contributed by atoms with van der Waals surface area (Å²) in [5.41, 5.74) is 1.54. The number of carbonyl (C=O) groups is 2. The SMILES string of the molecule is COc1ccc2c3c1OC1CC(OC(=O)CNC(=O)OC(C)(C)C)C=CC31CCN(C)C2. The summed E-state index contributed by atoms with van der Waals surface area (Å²) in [6, 6.07) is 4.08. The van der Waals surface area contributed by atoms with E-state index in [2.05, 4.69) is 29.4 Å². The molecule has 0 saturated heterocycles. The van der Waals surface area contributed by atoms with Crippen LogP contribution in [0, 0.1) is 0 Å². The Kier molecular flexibility index (Phi) is 5.83. The Balaban J connectivity index is 1.47. The molecule has 3 atom stereocenters. The van der Waals surface area contributed by atoms with Gasteiger partial charge in [-0.05, 0) is 58.5 Å². The number of hydrogen-bond donors (Lipinski definition) is 1. The molecule has 0 bridgehead atoms. The standard InChI is InChI=1S/C24H32N2O6/c1-23(2,3)32-22(28)25-13-19(27)30-16-8-9-24-10-11-26(4)14-15-6-7-17(29-5)21(20(15)24)31-18(24)12-16/h6-9,16,18H,10-14H2,1-5H3,(H,25,28). The molecule has 2 heterocycles. The molecule has 174 valence electrons. The minimum atomic E-state index is -0.649. The van der Waals surface area contributed by atoms with E-state index in [1.165, 1.54) is 11.1 Å². The molecule has 3 unspecified atom stereocenters. The third-order valence-electron chi connectivity index (χ3n) is 6.19. The van der Waals surface area contributed by atoms with E-state index >= 15 is 0 Å². The fourth-order valence-corrected chi connectivity index (χ4v) is 4.82. The summed E-state index contributed by atoms with van der Waals surface area (Å²) in [7, 11) is 3.77. The number of amides is 1. The zero-order valence-electron chi connectivity index (χ0n) is 19.4. The van der Waals surface area contributed by atoms with Crippen molar-refractivity contribution < 1.29 is 28.5 Å². The summed E-state index contributed by atoms with van der Waals surface area (Å²) >= 11 is 0. The van der Waals surface area contributed by atoms with Crippen molar-refractivity contribution in [2.45, 2.75) is 63.4 Å². The average molecular weight is 445 g/mol. The second-order valence-electron chi connectivity index (χ2n) is 9.74. The van der Waals surface area contributed by atoms with Crippen LogP contribution in [0.25, 0.3) is 0 Å². The molecule has 3 aliphatic rings. The first kappa shape index (κ1) is 22.5. The average Bonchev–Trinajstić information content (AvgIpc) is 2.97. The number of benzene rings is 1. The van der Waals surface area contributed by atoms with Crippen LogP contribution in [0.15, 0.2) is 24.3 Å². The van der Waals surface area contributed by atoms with Crippen LogP contribution in [-0.2, 0) is 26.2 Å². The molecule has 1 aromatic carbocycles. The lowest BCUT2D eigenvalue weighted by Crippen LogP contribution is -2.44. The normalized spacial score (nSPS) is 26.3. The Labute approximate surface area is 188 Å². The van der Waals surface area contributed by atoms with E-state index in [0.717, 1.165) is 31.0 Å². The topological polar surface area (TPSA) is 86.3 Å². The molecule has 0 aromatic heterocycles. The summed E-state index contributed by atoms with van der Waals surface area (Å²) in [6.45, 7) is 6.83. The Morgan fingerprint density at radius 3 is 2.81 bits per heavy atom. The van der Waals surface area contributed by atoms with Gasteiger partial charge in [-0.15, -0.1) is 0 Å². The van der Waals surface area contributed by atoms with Crippen LogP contribution in [0.2, 0.25) is 0 Å². The van der Waals surface area contributed by atoms with Crippen LogP contribution >= 0.6 is 0 Å². The first-order chi connectivity index (χ1) is 15.1. The number of hydrogen-bond acceptors (Lipinski definition) is 7. The molecule has 0 saturated carbocycles. The van der Waals surface area contributed by atoms with E-state index in [0.29, 0.717) is 6.42 Å². The molecule has 8 nitrogen and oxygen atoms in total. The van der Waals surface area contributed by atoms with Gasteiger partial charge in [-0.3, -0.25) is 4.79 Å². The molecular formula is C24H32N2O6. The van der Waals surface area contributed by atoms with E-state index in [1.807, 2.05) is 12.1 Å². The van der Waals surface area contributed by atoms with Crippen LogP contribution < -0.4 is 14.8 Å². The van der Waals surface area contributed by atoms with E-state index in [9.17, 15) is 9.59 Å². The van der Waals surface area contributed by atoms with Gasteiger partial charge >= 0.3 is 12.1 Å². The lowest BCUT2D eigenvalue weighted by atomic mass is 9.69. The smallest absolute Gasteiger partial charge is 0.408 e. The van der Waals surface area contributed by atoms with Crippen molar-refractivity contribution in [3.05, 3.63) is 35.4 Å². The van der Waals surface area contributed by atoms with Crippen molar-refractivity contribution in [2.75, 3.05) is 27.2 Å². The molecule has 32 heavy (non-hydrogen) atoms. The Morgan fingerprint density at radius 1 is 1.31 bits per heavy atom. The number of nitrogens with one attached hydrogen (secondary N) is 1. The second-order valence-corrected chi connectivity index (χ2v) is 9.74. The number of carbonyl (C=O) groups excluding carboxylic acids is 2. The molecular weight excluding hydrogens is 412 g/mol. The lowest BCUT2D eigenvalue weighted by molar-refractivity contribution is -0.147. The van der Waals surface area contributed by atoms with Crippen LogP contribution in [-0.4, -0.2) is 62.0 Å². The minimum Gasteiger partial charge on any atom is -0.493 e. The van der Waals surface area contributed by atoms with Gasteiger partial charge in [0.2, 0.25) is 0 Å². The maximum Gasteiger partial charge on any atom is 0.408 e. The van der Waals surface area contributed by atoms with Crippen LogP contribution in [0.3, 0.4) is 0 Å². The monoisotopic (exact) mass is 444 g/mol. The highest BCUT2D eigenvalue weighted by molar-refractivity contribution is 5.78. The highest BCUT2D eigenvalue weighted by Crippen LogP contribution is 2.55. The predicted molar refractivity (Wildman–Crippen MR) is 118 cm³/mol. The number of nitrogens with zero attached hydrogens (tertiary/aromatic N) is 1. The molecule has 0 radical (unpaired) electrons. The summed E-state index contributed by atoms with van der Waals surface area (Å²) in [6.07, 6.45) is 4.32. The Morgan fingerprint density at radius 2 is 2.09 bits per heavy atom. The highest BCUT2D eigenvalue weighted by Gasteiger charge is 2.53. The van der Waals surface area contributed by atoms with Crippen molar-refractivity contribution in [3.63, 3.8) is 0 Å². The number of alkyl carbamates (subject to hydrolysis) is 1. The third kappa shape index (κ3) is 4.28. The first-order valence-corrected chi connectivity index (χ1v) is 11.0. The van der Waals surface area contributed by atoms with E-state index in [1.54, 1.807) is 27.9 Å². The Bertz CT molecular complexity index is 937. The molecule has 2 aliphatic heterocycles. The molecule has 4 rings (SSSR count). The van der Waals surface area contributed by atoms with Gasteiger partial charge in [0.25, 0.3) is 0 Å². The van der Waals surface area contributed by atoms with E-state index in [-0.39, 0.29) is 18.1 Å². The van der Waals surface area contributed by atoms with Crippen LogP contribution in [0.4, 0.5) is 4.79 Å². The molecule has 0 fully saturated rings. The molecule has 1 amide bonds. The fraction of sp³-hybridized carbons (Fsp3) is 0.583. The first-order valence-electron chi connectivity index (χ1n) is 11.0.